The molecule has 0 radical (unpaired) electrons. The van der Waals surface area contributed by atoms with Gasteiger partial charge in [-0.15, -0.1) is 0 Å². The van der Waals surface area contributed by atoms with E-state index in [1.807, 2.05) is 18.7 Å². The molecular weight excluding hydrogens is 338 g/mol. The number of rotatable bonds is 3. The lowest BCUT2D eigenvalue weighted by Gasteiger charge is -2.25. The number of para-hydroxylation sites is 1. The van der Waals surface area contributed by atoms with Gasteiger partial charge in [0.25, 0.3) is 0 Å². The van der Waals surface area contributed by atoms with Crippen molar-refractivity contribution >= 4 is 5.96 Å². The van der Waals surface area contributed by atoms with Gasteiger partial charge in [-0.1, -0.05) is 18.2 Å². The van der Waals surface area contributed by atoms with Gasteiger partial charge >= 0.3 is 0 Å². The van der Waals surface area contributed by atoms with E-state index in [4.69, 9.17) is 4.74 Å². The number of aliphatic imine (C=N–C) groups is 1. The van der Waals surface area contributed by atoms with Gasteiger partial charge in [-0.25, -0.2) is 4.68 Å². The summed E-state index contributed by atoms with van der Waals surface area (Å²) >= 11 is 0. The lowest BCUT2D eigenvalue weighted by Crippen LogP contribution is -2.41. The molecule has 0 amide bonds. The topological polar surface area (TPSA) is 54.7 Å². The van der Waals surface area contributed by atoms with Crippen LogP contribution in [0.5, 0.6) is 0 Å². The van der Waals surface area contributed by atoms with Crippen molar-refractivity contribution in [2.24, 2.45) is 10.4 Å². The van der Waals surface area contributed by atoms with Crippen LogP contribution in [0.25, 0.3) is 5.69 Å². The molecule has 0 aliphatic carbocycles. The van der Waals surface area contributed by atoms with Gasteiger partial charge in [0, 0.05) is 44.4 Å². The summed E-state index contributed by atoms with van der Waals surface area (Å²) in [6.07, 6.45) is 2.36. The number of aryl methyl sites for hydroxylation is 2. The van der Waals surface area contributed by atoms with Gasteiger partial charge in [0.15, 0.2) is 5.96 Å². The quantitative estimate of drug-likeness (QED) is 0.669. The summed E-state index contributed by atoms with van der Waals surface area (Å²) in [6.45, 7) is 8.71. The molecule has 1 spiro atoms. The number of aromatic nitrogens is 2. The van der Waals surface area contributed by atoms with Crippen LogP contribution in [0.1, 0.15) is 29.8 Å². The van der Waals surface area contributed by atoms with Crippen LogP contribution in [0.3, 0.4) is 0 Å². The lowest BCUT2D eigenvalue weighted by atomic mass is 9.87. The highest BCUT2D eigenvalue weighted by Crippen LogP contribution is 2.38. The van der Waals surface area contributed by atoms with E-state index in [0.717, 1.165) is 55.9 Å². The van der Waals surface area contributed by atoms with E-state index in [2.05, 4.69) is 57.6 Å². The molecule has 3 heterocycles. The van der Waals surface area contributed by atoms with Crippen molar-refractivity contribution < 1.29 is 4.74 Å². The van der Waals surface area contributed by atoms with Crippen LogP contribution >= 0.6 is 0 Å². The molecule has 1 N–H and O–H groups in total. The van der Waals surface area contributed by atoms with Crippen LogP contribution in [-0.4, -0.2) is 54.0 Å². The van der Waals surface area contributed by atoms with Crippen LogP contribution in [0.2, 0.25) is 0 Å². The predicted octanol–water partition coefficient (Wildman–Crippen LogP) is 2.68. The maximum atomic E-state index is 5.65. The third-order valence-electron chi connectivity index (χ3n) is 5.80. The molecule has 6 nitrogen and oxygen atoms in total. The summed E-state index contributed by atoms with van der Waals surface area (Å²) in [5.41, 5.74) is 4.84. The largest absolute Gasteiger partial charge is 0.381 e. The summed E-state index contributed by atoms with van der Waals surface area (Å²) in [7, 11) is 1.87. The second-order valence-corrected chi connectivity index (χ2v) is 7.84. The van der Waals surface area contributed by atoms with E-state index >= 15 is 0 Å². The summed E-state index contributed by atoms with van der Waals surface area (Å²) in [5.74, 6) is 0.974. The lowest BCUT2D eigenvalue weighted by molar-refractivity contribution is 0.156. The molecular formula is C21H29N5O. The van der Waals surface area contributed by atoms with Gasteiger partial charge in [0.05, 0.1) is 18.0 Å². The highest BCUT2D eigenvalue weighted by molar-refractivity contribution is 5.80. The van der Waals surface area contributed by atoms with E-state index < -0.39 is 0 Å². The first-order valence-corrected chi connectivity index (χ1v) is 9.75. The van der Waals surface area contributed by atoms with Crippen LogP contribution in [0.4, 0.5) is 0 Å². The second kappa shape index (κ2) is 7.35. The van der Waals surface area contributed by atoms with E-state index in [1.165, 1.54) is 18.4 Å². The van der Waals surface area contributed by atoms with Gasteiger partial charge in [-0.05, 0) is 44.4 Å². The van der Waals surface area contributed by atoms with Gasteiger partial charge in [-0.2, -0.15) is 5.10 Å². The van der Waals surface area contributed by atoms with Gasteiger partial charge in [-0.3, -0.25) is 4.99 Å². The van der Waals surface area contributed by atoms with Crippen molar-refractivity contribution in [3.63, 3.8) is 0 Å². The number of hydrogen-bond donors (Lipinski definition) is 1. The predicted molar refractivity (Wildman–Crippen MR) is 107 cm³/mol. The number of guanidine groups is 1. The second-order valence-electron chi connectivity index (χ2n) is 7.84. The molecule has 1 atom stereocenters. The molecule has 144 valence electrons. The number of nitrogens with zero attached hydrogens (tertiary/aromatic N) is 4. The number of hydrogen-bond acceptors (Lipinski definition) is 3. The van der Waals surface area contributed by atoms with Crippen LogP contribution in [0.15, 0.2) is 35.3 Å². The molecule has 2 fully saturated rings. The molecule has 27 heavy (non-hydrogen) atoms. The van der Waals surface area contributed by atoms with Gasteiger partial charge in [0.2, 0.25) is 0 Å². The first-order chi connectivity index (χ1) is 13.1. The Hall–Kier alpha value is -2.34. The Morgan fingerprint density at radius 3 is 2.85 bits per heavy atom. The standard InChI is InChI=1S/C21H29N5O/c1-16-12-17(2)26(24-16)19-7-5-4-6-18(19)13-23-20(22-3)25-10-8-21(14-25)9-11-27-15-21/h4-7,12H,8-11,13-15H2,1-3H3,(H,22,23). The van der Waals surface area contributed by atoms with Crippen molar-refractivity contribution in [3.05, 3.63) is 47.3 Å². The first kappa shape index (κ1) is 18.0. The van der Waals surface area contributed by atoms with Crippen molar-refractivity contribution in [1.82, 2.24) is 20.0 Å². The molecule has 6 heteroatoms. The minimum absolute atomic E-state index is 0.333. The number of benzene rings is 1. The average Bonchev–Trinajstić information content (AvgIpc) is 3.38. The van der Waals surface area contributed by atoms with E-state index in [-0.39, 0.29) is 0 Å². The zero-order valence-electron chi connectivity index (χ0n) is 16.5. The third kappa shape index (κ3) is 3.58. The molecule has 2 aliphatic heterocycles. The Kier molecular flexibility index (Phi) is 4.91. The number of nitrogens with one attached hydrogen (secondary N) is 1. The number of ether oxygens (including phenoxy) is 1. The monoisotopic (exact) mass is 367 g/mol. The highest BCUT2D eigenvalue weighted by Gasteiger charge is 2.42. The Morgan fingerprint density at radius 1 is 1.30 bits per heavy atom. The molecule has 0 saturated carbocycles. The Labute approximate surface area is 161 Å². The smallest absolute Gasteiger partial charge is 0.193 e. The normalized spacial score (nSPS) is 22.8. The first-order valence-electron chi connectivity index (χ1n) is 9.75. The SMILES string of the molecule is CN=C(NCc1ccccc1-n1nc(C)cc1C)N1CCC2(CCOC2)C1. The average molecular weight is 367 g/mol. The maximum Gasteiger partial charge on any atom is 0.193 e. The van der Waals surface area contributed by atoms with Gasteiger partial charge in [0.1, 0.15) is 0 Å². The molecule has 4 rings (SSSR count). The maximum absolute atomic E-state index is 5.65. The Balaban J connectivity index is 1.48. The highest BCUT2D eigenvalue weighted by atomic mass is 16.5. The van der Waals surface area contributed by atoms with Crippen LogP contribution in [-0.2, 0) is 11.3 Å². The Morgan fingerprint density at radius 2 is 2.15 bits per heavy atom. The third-order valence-corrected chi connectivity index (χ3v) is 5.80. The fraction of sp³-hybridized carbons (Fsp3) is 0.524. The minimum Gasteiger partial charge on any atom is -0.381 e. The zero-order valence-corrected chi connectivity index (χ0v) is 16.5. The molecule has 1 aromatic carbocycles. The molecule has 1 aromatic heterocycles. The van der Waals surface area contributed by atoms with Gasteiger partial charge < -0.3 is 15.0 Å². The van der Waals surface area contributed by atoms with Crippen LogP contribution < -0.4 is 5.32 Å². The summed E-state index contributed by atoms with van der Waals surface area (Å²) in [5, 5.41) is 8.21. The molecule has 1 unspecified atom stereocenters. The molecule has 0 bridgehead atoms. The molecule has 2 aliphatic rings. The zero-order chi connectivity index (χ0) is 18.9. The fourth-order valence-corrected chi connectivity index (χ4v) is 4.33. The van der Waals surface area contributed by atoms with Crippen molar-refractivity contribution in [2.45, 2.75) is 33.2 Å². The van der Waals surface area contributed by atoms with Crippen LogP contribution in [0, 0.1) is 19.3 Å². The van der Waals surface area contributed by atoms with E-state index in [1.54, 1.807) is 0 Å². The number of likely N-dealkylation sites (tertiary alicyclic amines) is 1. The fourth-order valence-electron chi connectivity index (χ4n) is 4.33. The molecule has 2 saturated heterocycles. The minimum atomic E-state index is 0.333. The summed E-state index contributed by atoms with van der Waals surface area (Å²) in [6, 6.07) is 10.5. The van der Waals surface area contributed by atoms with Crippen molar-refractivity contribution in [3.8, 4) is 5.69 Å². The van der Waals surface area contributed by atoms with E-state index in [0.29, 0.717) is 5.41 Å². The molecule has 2 aromatic rings. The summed E-state index contributed by atoms with van der Waals surface area (Å²) < 4.78 is 7.68. The van der Waals surface area contributed by atoms with Crippen molar-refractivity contribution in [1.29, 1.82) is 0 Å². The Bertz CT molecular complexity index is 835. The van der Waals surface area contributed by atoms with Crippen molar-refractivity contribution in [2.75, 3.05) is 33.4 Å². The summed E-state index contributed by atoms with van der Waals surface area (Å²) in [4.78, 5) is 6.91. The van der Waals surface area contributed by atoms with E-state index in [9.17, 15) is 0 Å².